The molecule has 3 N–H and O–H groups in total. The average Bonchev–Trinajstić information content (AvgIpc) is 3.59. The van der Waals surface area contributed by atoms with Crippen LogP contribution in [0.15, 0.2) is 73.0 Å². The maximum Gasteiger partial charge on any atom is 0.165 e. The summed E-state index contributed by atoms with van der Waals surface area (Å²) in [5.41, 5.74) is 13.7. The summed E-state index contributed by atoms with van der Waals surface area (Å²) >= 11 is 0. The Morgan fingerprint density at radius 1 is 1.02 bits per heavy atom. The highest BCUT2D eigenvalue weighted by atomic mass is 15.2. The van der Waals surface area contributed by atoms with E-state index in [0.29, 0.717) is 11.2 Å². The Kier molecular flexibility index (Phi) is 9.50. The van der Waals surface area contributed by atoms with Crippen molar-refractivity contribution in [2.24, 2.45) is 5.41 Å². The van der Waals surface area contributed by atoms with Gasteiger partial charge in [-0.15, -0.1) is 0 Å². The summed E-state index contributed by atoms with van der Waals surface area (Å²) < 4.78 is 2.12. The van der Waals surface area contributed by atoms with Crippen LogP contribution in [0.5, 0.6) is 0 Å². The van der Waals surface area contributed by atoms with Crippen LogP contribution < -0.4 is 11.1 Å². The number of nitrogen functional groups attached to an aromatic ring is 1. The summed E-state index contributed by atoms with van der Waals surface area (Å²) in [5, 5.41) is 3.53. The summed E-state index contributed by atoms with van der Waals surface area (Å²) in [6.45, 7) is 13.9. The largest absolute Gasteiger partial charge is 0.383 e. The summed E-state index contributed by atoms with van der Waals surface area (Å²) in [5.74, 6) is 1.20. The zero-order valence-corrected chi connectivity index (χ0v) is 25.6. The van der Waals surface area contributed by atoms with E-state index in [9.17, 15) is 0 Å². The van der Waals surface area contributed by atoms with Crippen LogP contribution in [0.25, 0.3) is 33.8 Å². The minimum atomic E-state index is 0.456. The van der Waals surface area contributed by atoms with Gasteiger partial charge >= 0.3 is 0 Å². The predicted molar refractivity (Wildman–Crippen MR) is 175 cm³/mol. The highest BCUT2D eigenvalue weighted by molar-refractivity contribution is 5.85. The molecule has 0 atom stereocenters. The molecule has 7 nitrogen and oxygen atoms in total. The van der Waals surface area contributed by atoms with E-state index in [1.54, 1.807) is 6.20 Å². The van der Waals surface area contributed by atoms with Crippen molar-refractivity contribution in [2.45, 2.75) is 59.9 Å². The number of hydrogen-bond donors (Lipinski definition) is 2. The van der Waals surface area contributed by atoms with Gasteiger partial charge in [0.05, 0.1) is 11.3 Å². The van der Waals surface area contributed by atoms with Crippen LogP contribution in [0.2, 0.25) is 0 Å². The van der Waals surface area contributed by atoms with Gasteiger partial charge in [-0.05, 0) is 105 Å². The van der Waals surface area contributed by atoms with E-state index in [-0.39, 0.29) is 0 Å². The molecule has 1 aromatic carbocycles. The number of fused-ring (bicyclic) bond motifs is 1. The minimum absolute atomic E-state index is 0.456. The van der Waals surface area contributed by atoms with Gasteiger partial charge in [-0.2, -0.15) is 0 Å². The Bertz CT molecular complexity index is 1540. The van der Waals surface area contributed by atoms with Crippen molar-refractivity contribution in [3.05, 3.63) is 84.2 Å². The number of allylic oxidation sites excluding steroid dienone is 4. The fourth-order valence-corrected chi connectivity index (χ4v) is 6.34. The summed E-state index contributed by atoms with van der Waals surface area (Å²) in [4.78, 5) is 17.1. The molecule has 2 saturated heterocycles. The van der Waals surface area contributed by atoms with E-state index in [1.807, 2.05) is 39.0 Å². The maximum atomic E-state index is 6.34. The SMILES string of the molecule is C/C=C\C(=C/CC)c1ccc2nc(-c3cccnc3N)n(-c3ccc(CN4CCC5(CCNCC5)C4)cc3)c2n1.CC. The first kappa shape index (κ1) is 29.7. The smallest absolute Gasteiger partial charge is 0.165 e. The first-order valence-corrected chi connectivity index (χ1v) is 15.6. The minimum Gasteiger partial charge on any atom is -0.383 e. The molecule has 0 radical (unpaired) electrons. The molecule has 0 aliphatic carbocycles. The van der Waals surface area contributed by atoms with E-state index in [4.69, 9.17) is 15.7 Å². The number of nitrogens with one attached hydrogen (secondary N) is 1. The molecule has 2 aliphatic rings. The molecular formula is C35H45N7. The molecule has 3 aromatic heterocycles. The van der Waals surface area contributed by atoms with Crippen molar-refractivity contribution in [1.82, 2.24) is 29.7 Å². The lowest BCUT2D eigenvalue weighted by Crippen LogP contribution is -2.38. The third-order valence-electron chi connectivity index (χ3n) is 8.43. The Morgan fingerprint density at radius 2 is 1.81 bits per heavy atom. The number of aromatic nitrogens is 4. The summed E-state index contributed by atoms with van der Waals surface area (Å²) in [6.07, 6.45) is 12.9. The number of imidazole rings is 1. The molecule has 0 bridgehead atoms. The van der Waals surface area contributed by atoms with Gasteiger partial charge in [0.15, 0.2) is 11.5 Å². The first-order valence-electron chi connectivity index (χ1n) is 15.6. The number of rotatable bonds is 7. The molecule has 220 valence electrons. The van der Waals surface area contributed by atoms with Crippen LogP contribution in [-0.2, 0) is 6.54 Å². The quantitative estimate of drug-likeness (QED) is 0.235. The number of piperidine rings is 1. The van der Waals surface area contributed by atoms with Gasteiger partial charge in [-0.25, -0.2) is 15.0 Å². The third-order valence-corrected chi connectivity index (χ3v) is 8.43. The zero-order valence-electron chi connectivity index (χ0n) is 25.6. The predicted octanol–water partition coefficient (Wildman–Crippen LogP) is 7.04. The van der Waals surface area contributed by atoms with Crippen molar-refractivity contribution in [2.75, 3.05) is 31.9 Å². The van der Waals surface area contributed by atoms with Gasteiger partial charge in [0, 0.05) is 25.0 Å². The fraction of sp³-hybridized carbons (Fsp3) is 0.400. The second-order valence-corrected chi connectivity index (χ2v) is 11.2. The lowest BCUT2D eigenvalue weighted by molar-refractivity contribution is 0.194. The Labute approximate surface area is 250 Å². The Balaban J connectivity index is 0.00000173. The van der Waals surface area contributed by atoms with Gasteiger partial charge in [0.2, 0.25) is 0 Å². The van der Waals surface area contributed by atoms with Crippen LogP contribution >= 0.6 is 0 Å². The normalized spacial score (nSPS) is 17.2. The van der Waals surface area contributed by atoms with Gasteiger partial charge in [-0.1, -0.05) is 51.1 Å². The number of likely N-dealkylation sites (tertiary alicyclic amines) is 1. The first-order chi connectivity index (χ1) is 20.6. The van der Waals surface area contributed by atoms with Crippen LogP contribution in [0.3, 0.4) is 0 Å². The van der Waals surface area contributed by atoms with Crippen LogP contribution in [0.4, 0.5) is 5.82 Å². The molecule has 42 heavy (non-hydrogen) atoms. The molecule has 7 heteroatoms. The molecule has 4 aromatic rings. The second-order valence-electron chi connectivity index (χ2n) is 11.2. The summed E-state index contributed by atoms with van der Waals surface area (Å²) in [6, 6.07) is 16.8. The lowest BCUT2D eigenvalue weighted by atomic mass is 9.78. The number of hydrogen-bond acceptors (Lipinski definition) is 6. The highest BCUT2D eigenvalue weighted by Gasteiger charge is 2.38. The molecule has 5 heterocycles. The van der Waals surface area contributed by atoms with Gasteiger partial charge in [0.1, 0.15) is 11.3 Å². The van der Waals surface area contributed by atoms with E-state index in [2.05, 4.69) is 75.3 Å². The van der Waals surface area contributed by atoms with E-state index in [1.165, 1.54) is 37.9 Å². The number of nitrogens with two attached hydrogens (primary N) is 1. The topological polar surface area (TPSA) is 84.9 Å². The van der Waals surface area contributed by atoms with Crippen molar-refractivity contribution in [3.63, 3.8) is 0 Å². The number of pyridine rings is 2. The molecule has 6 rings (SSSR count). The Morgan fingerprint density at radius 3 is 2.52 bits per heavy atom. The van der Waals surface area contributed by atoms with Gasteiger partial charge in [-0.3, -0.25) is 9.47 Å². The fourth-order valence-electron chi connectivity index (χ4n) is 6.34. The summed E-state index contributed by atoms with van der Waals surface area (Å²) in [7, 11) is 0. The van der Waals surface area contributed by atoms with Crippen LogP contribution in [0.1, 0.15) is 64.6 Å². The molecule has 2 fully saturated rings. The van der Waals surface area contributed by atoms with Crippen molar-refractivity contribution in [1.29, 1.82) is 0 Å². The molecule has 2 aliphatic heterocycles. The maximum absolute atomic E-state index is 6.34. The van der Waals surface area contributed by atoms with Gasteiger partial charge in [0.25, 0.3) is 0 Å². The monoisotopic (exact) mass is 563 g/mol. The van der Waals surface area contributed by atoms with Gasteiger partial charge < -0.3 is 11.1 Å². The third kappa shape index (κ3) is 6.18. The molecular weight excluding hydrogens is 518 g/mol. The standard InChI is InChI=1S/C33H39N7.C2H6/c1-3-6-25(7-4-2)28-13-14-29-32(37-28)40(31(38-29)27-8-5-18-36-30(27)34)26-11-9-24(10-12-26)22-39-21-17-33(23-39)15-19-35-20-16-33;1-2/h3,5-14,18,35H,4,15-17,19-23H2,1-2H3,(H2,34,36);1-2H3/b6-3-,25-7+;. The van der Waals surface area contributed by atoms with Crippen molar-refractivity contribution >= 4 is 22.6 Å². The molecule has 0 amide bonds. The van der Waals surface area contributed by atoms with Crippen LogP contribution in [0, 0.1) is 5.41 Å². The van der Waals surface area contributed by atoms with E-state index in [0.717, 1.165) is 65.6 Å². The second kappa shape index (κ2) is 13.4. The lowest BCUT2D eigenvalue weighted by Gasteiger charge is -2.34. The molecule has 0 saturated carbocycles. The van der Waals surface area contributed by atoms with E-state index >= 15 is 0 Å². The van der Waals surface area contributed by atoms with Crippen LogP contribution in [-0.4, -0.2) is 50.6 Å². The Hall–Kier alpha value is -3.81. The number of anilines is 1. The number of benzene rings is 1. The average molecular weight is 564 g/mol. The van der Waals surface area contributed by atoms with E-state index < -0.39 is 0 Å². The van der Waals surface area contributed by atoms with Crippen molar-refractivity contribution in [3.8, 4) is 17.1 Å². The zero-order chi connectivity index (χ0) is 29.5. The van der Waals surface area contributed by atoms with Crippen molar-refractivity contribution < 1.29 is 0 Å². The molecule has 1 spiro atoms. The molecule has 0 unspecified atom stereocenters. The highest BCUT2D eigenvalue weighted by Crippen LogP contribution is 2.39. The number of nitrogens with zero attached hydrogens (tertiary/aromatic N) is 5.